The molecule has 0 aromatic carbocycles. The Morgan fingerprint density at radius 3 is 2.38 bits per heavy atom. The second-order valence-corrected chi connectivity index (χ2v) is 6.28. The number of piperidine rings is 1. The Morgan fingerprint density at radius 1 is 1.31 bits per heavy atom. The largest absolute Gasteiger partial charge is 0.306 e. The van der Waals surface area contributed by atoms with Crippen LogP contribution in [0, 0.1) is 5.41 Å². The van der Waals surface area contributed by atoms with E-state index < -0.39 is 0 Å². The molecule has 2 aliphatic rings. The summed E-state index contributed by atoms with van der Waals surface area (Å²) >= 11 is 4.55. The summed E-state index contributed by atoms with van der Waals surface area (Å²) in [5.74, 6) is 1.07. The van der Waals surface area contributed by atoms with Gasteiger partial charge in [-0.05, 0) is 64.0 Å². The molecule has 0 aromatic heterocycles. The van der Waals surface area contributed by atoms with Crippen molar-refractivity contribution in [3.05, 3.63) is 0 Å². The highest BCUT2D eigenvalue weighted by atomic mass is 32.1. The van der Waals surface area contributed by atoms with Gasteiger partial charge < -0.3 is 9.80 Å². The summed E-state index contributed by atoms with van der Waals surface area (Å²) in [4.78, 5) is 5.06. The van der Waals surface area contributed by atoms with Gasteiger partial charge in [0, 0.05) is 12.6 Å². The number of hydrogen-bond donors (Lipinski definition) is 1. The van der Waals surface area contributed by atoms with Crippen molar-refractivity contribution in [2.75, 3.05) is 39.5 Å². The van der Waals surface area contributed by atoms with Crippen LogP contribution in [0.25, 0.3) is 0 Å². The Balaban J connectivity index is 1.81. The monoisotopic (exact) mass is 242 g/mol. The van der Waals surface area contributed by atoms with E-state index in [1.165, 1.54) is 51.7 Å². The quantitative estimate of drug-likeness (QED) is 0.754. The van der Waals surface area contributed by atoms with E-state index in [4.69, 9.17) is 0 Å². The summed E-state index contributed by atoms with van der Waals surface area (Å²) in [5.41, 5.74) is 0.557. The maximum atomic E-state index is 4.55. The minimum Gasteiger partial charge on any atom is -0.306 e. The molecule has 94 valence electrons. The van der Waals surface area contributed by atoms with Gasteiger partial charge in [0.05, 0.1) is 0 Å². The molecule has 2 rings (SSSR count). The molecule has 1 saturated carbocycles. The van der Waals surface area contributed by atoms with Gasteiger partial charge in [-0.25, -0.2) is 0 Å². The maximum Gasteiger partial charge on any atom is 0.0117 e. The summed E-state index contributed by atoms with van der Waals surface area (Å²) in [6, 6.07) is 0.813. The van der Waals surface area contributed by atoms with Crippen LogP contribution in [0.2, 0.25) is 0 Å². The van der Waals surface area contributed by atoms with Crippen LogP contribution < -0.4 is 0 Å². The molecule has 0 aromatic rings. The van der Waals surface area contributed by atoms with Crippen molar-refractivity contribution in [2.45, 2.75) is 38.1 Å². The molecule has 1 aliphatic heterocycles. The predicted octanol–water partition coefficient (Wildman–Crippen LogP) is 2.11. The lowest BCUT2D eigenvalue weighted by atomic mass is 9.69. The van der Waals surface area contributed by atoms with Crippen LogP contribution in [0.1, 0.15) is 32.1 Å². The molecule has 3 heteroatoms. The minimum absolute atomic E-state index is 0.557. The van der Waals surface area contributed by atoms with Crippen LogP contribution in [0.15, 0.2) is 0 Å². The highest BCUT2D eigenvalue weighted by molar-refractivity contribution is 7.80. The maximum absolute atomic E-state index is 4.55. The minimum atomic E-state index is 0.557. The van der Waals surface area contributed by atoms with Crippen molar-refractivity contribution in [3.8, 4) is 0 Å². The molecule has 0 spiro atoms. The summed E-state index contributed by atoms with van der Waals surface area (Å²) in [6.45, 7) is 3.80. The molecule has 0 bridgehead atoms. The zero-order chi connectivity index (χ0) is 11.6. The summed E-state index contributed by atoms with van der Waals surface area (Å²) in [7, 11) is 4.55. The highest BCUT2D eigenvalue weighted by Gasteiger charge is 2.37. The van der Waals surface area contributed by atoms with Crippen LogP contribution in [0.4, 0.5) is 0 Å². The number of nitrogens with zero attached hydrogens (tertiary/aromatic N) is 2. The van der Waals surface area contributed by atoms with Gasteiger partial charge in [-0.15, -0.1) is 0 Å². The molecule has 2 fully saturated rings. The van der Waals surface area contributed by atoms with Crippen molar-refractivity contribution in [2.24, 2.45) is 5.41 Å². The average Bonchev–Trinajstić information content (AvgIpc) is 2.24. The van der Waals surface area contributed by atoms with E-state index in [1.807, 2.05) is 0 Å². The first-order chi connectivity index (χ1) is 7.65. The van der Waals surface area contributed by atoms with Gasteiger partial charge >= 0.3 is 0 Å². The van der Waals surface area contributed by atoms with Crippen LogP contribution in [-0.4, -0.2) is 55.3 Å². The second kappa shape index (κ2) is 5.28. The highest BCUT2D eigenvalue weighted by Crippen LogP contribution is 2.42. The van der Waals surface area contributed by atoms with Crippen LogP contribution in [0.5, 0.6) is 0 Å². The fraction of sp³-hybridized carbons (Fsp3) is 1.00. The average molecular weight is 242 g/mol. The fourth-order valence-electron chi connectivity index (χ4n) is 3.14. The molecule has 0 atom stereocenters. The lowest BCUT2D eigenvalue weighted by Crippen LogP contribution is -2.48. The Kier molecular flexibility index (Phi) is 4.20. The summed E-state index contributed by atoms with van der Waals surface area (Å²) in [5, 5.41) is 0. The van der Waals surface area contributed by atoms with E-state index >= 15 is 0 Å². The Hall–Kier alpha value is 0.270. The normalized spacial score (nSPS) is 27.0. The van der Waals surface area contributed by atoms with Gasteiger partial charge in [0.15, 0.2) is 0 Å². The van der Waals surface area contributed by atoms with E-state index in [1.54, 1.807) is 0 Å². The first-order valence-corrected chi connectivity index (χ1v) is 7.28. The first kappa shape index (κ1) is 12.7. The zero-order valence-corrected chi connectivity index (χ0v) is 11.7. The standard InChI is InChI=1S/C13H26N2S/c1-14-8-4-12(5-9-14)15(2)10-13(11-16)6-3-7-13/h12,16H,3-11H2,1-2H3. The van der Waals surface area contributed by atoms with E-state index in [-0.39, 0.29) is 0 Å². The summed E-state index contributed by atoms with van der Waals surface area (Å²) in [6.07, 6.45) is 6.90. The molecule has 0 radical (unpaired) electrons. The third kappa shape index (κ3) is 2.74. The van der Waals surface area contributed by atoms with E-state index in [9.17, 15) is 0 Å². The van der Waals surface area contributed by atoms with E-state index in [0.29, 0.717) is 5.41 Å². The van der Waals surface area contributed by atoms with Gasteiger partial charge in [0.2, 0.25) is 0 Å². The third-order valence-electron chi connectivity index (χ3n) is 4.65. The lowest BCUT2D eigenvalue weighted by Gasteiger charge is -2.46. The lowest BCUT2D eigenvalue weighted by molar-refractivity contribution is 0.0594. The van der Waals surface area contributed by atoms with Crippen molar-refractivity contribution in [1.82, 2.24) is 9.80 Å². The van der Waals surface area contributed by atoms with Crippen LogP contribution in [-0.2, 0) is 0 Å². The topological polar surface area (TPSA) is 6.48 Å². The Morgan fingerprint density at radius 2 is 1.94 bits per heavy atom. The number of hydrogen-bond acceptors (Lipinski definition) is 3. The third-order valence-corrected chi connectivity index (χ3v) is 5.32. The molecule has 0 N–H and O–H groups in total. The second-order valence-electron chi connectivity index (χ2n) is 5.96. The fourth-order valence-corrected chi connectivity index (χ4v) is 3.55. The molecule has 2 nitrogen and oxygen atoms in total. The van der Waals surface area contributed by atoms with Gasteiger partial charge in [0.25, 0.3) is 0 Å². The number of rotatable bonds is 4. The van der Waals surface area contributed by atoms with Gasteiger partial charge in [-0.1, -0.05) is 6.42 Å². The SMILES string of the molecule is CN1CCC(N(C)CC2(CS)CCC2)CC1. The molecule has 16 heavy (non-hydrogen) atoms. The molecule has 0 amide bonds. The molecule has 1 saturated heterocycles. The first-order valence-electron chi connectivity index (χ1n) is 6.65. The van der Waals surface area contributed by atoms with E-state index in [2.05, 4.69) is 36.5 Å². The molecule has 1 aliphatic carbocycles. The Labute approximate surface area is 106 Å². The molecular weight excluding hydrogens is 216 g/mol. The molecule has 0 unspecified atom stereocenters. The zero-order valence-electron chi connectivity index (χ0n) is 10.8. The van der Waals surface area contributed by atoms with Gasteiger partial charge in [0.1, 0.15) is 0 Å². The van der Waals surface area contributed by atoms with Crippen LogP contribution in [0.3, 0.4) is 0 Å². The van der Waals surface area contributed by atoms with E-state index in [0.717, 1.165) is 11.8 Å². The van der Waals surface area contributed by atoms with Gasteiger partial charge in [-0.3, -0.25) is 0 Å². The number of thiol groups is 1. The van der Waals surface area contributed by atoms with Gasteiger partial charge in [-0.2, -0.15) is 12.6 Å². The number of likely N-dealkylation sites (tertiary alicyclic amines) is 1. The predicted molar refractivity (Wildman–Crippen MR) is 73.3 cm³/mol. The molecule has 1 heterocycles. The van der Waals surface area contributed by atoms with Crippen molar-refractivity contribution in [3.63, 3.8) is 0 Å². The smallest absolute Gasteiger partial charge is 0.0117 e. The van der Waals surface area contributed by atoms with Crippen LogP contribution >= 0.6 is 12.6 Å². The van der Waals surface area contributed by atoms with Crippen molar-refractivity contribution >= 4 is 12.6 Å². The Bertz CT molecular complexity index is 214. The van der Waals surface area contributed by atoms with Crippen molar-refractivity contribution in [1.29, 1.82) is 0 Å². The summed E-state index contributed by atoms with van der Waals surface area (Å²) < 4.78 is 0. The van der Waals surface area contributed by atoms with Crippen molar-refractivity contribution < 1.29 is 0 Å². The molecular formula is C13H26N2S.